The molecule has 1 aromatic heterocycles. The van der Waals surface area contributed by atoms with Crippen LogP contribution in [0.3, 0.4) is 0 Å². The van der Waals surface area contributed by atoms with Gasteiger partial charge in [0, 0.05) is 11.2 Å². The largest absolute Gasteiger partial charge is 0.461 e. The Labute approximate surface area is 237 Å². The fraction of sp³-hybridized carbons (Fsp3) is 0.560. The normalized spacial score (nSPS) is 18.7. The molecule has 222 valence electrons. The summed E-state index contributed by atoms with van der Waals surface area (Å²) in [6, 6.07) is 6.25. The van der Waals surface area contributed by atoms with Gasteiger partial charge < -0.3 is 29.9 Å². The summed E-state index contributed by atoms with van der Waals surface area (Å²) in [6.07, 6.45) is 1.95. The van der Waals surface area contributed by atoms with Crippen LogP contribution in [-0.4, -0.2) is 63.3 Å². The van der Waals surface area contributed by atoms with Gasteiger partial charge in [-0.05, 0) is 69.9 Å². The zero-order valence-electron chi connectivity index (χ0n) is 22.3. The average Bonchev–Trinajstić information content (AvgIpc) is 2.91. The first-order chi connectivity index (χ1) is 19.0. The van der Waals surface area contributed by atoms with Gasteiger partial charge in [-0.3, -0.25) is 13.9 Å². The Morgan fingerprint density at radius 3 is 2.50 bits per heavy atom. The van der Waals surface area contributed by atoms with E-state index in [-0.39, 0.29) is 17.7 Å². The molecule has 1 heterocycles. The number of carbonyl (C=O) groups is 1. The van der Waals surface area contributed by atoms with E-state index in [9.17, 15) is 24.4 Å². The van der Waals surface area contributed by atoms with Crippen LogP contribution in [0.2, 0.25) is 5.02 Å². The summed E-state index contributed by atoms with van der Waals surface area (Å²) < 4.78 is 37.4. The molecular formula is C25H36ClN4O9P. The summed E-state index contributed by atoms with van der Waals surface area (Å²) in [5.74, 6) is -0.500. The minimum atomic E-state index is -4.30. The van der Waals surface area contributed by atoms with Crippen LogP contribution in [-0.2, 0) is 23.4 Å². The van der Waals surface area contributed by atoms with E-state index >= 15 is 0 Å². The van der Waals surface area contributed by atoms with Gasteiger partial charge in [0.25, 0.3) is 0 Å². The molecule has 0 spiro atoms. The number of ether oxygens (including phenoxy) is 2. The molecule has 1 fully saturated rings. The van der Waals surface area contributed by atoms with Crippen LogP contribution in [0.4, 0.5) is 5.82 Å². The number of nitrogens with zero attached hydrogens (tertiary/aromatic N) is 2. The second-order valence-electron chi connectivity index (χ2n) is 9.48. The van der Waals surface area contributed by atoms with E-state index in [1.165, 1.54) is 50.4 Å². The van der Waals surface area contributed by atoms with Gasteiger partial charge >= 0.3 is 19.4 Å². The molecule has 1 saturated carbocycles. The number of nitrogens with two attached hydrogens (primary N) is 1. The number of rotatable bonds is 14. The van der Waals surface area contributed by atoms with Crippen LogP contribution < -0.4 is 21.0 Å². The van der Waals surface area contributed by atoms with E-state index in [1.807, 2.05) is 0 Å². The Morgan fingerprint density at radius 2 is 1.90 bits per heavy atom. The Kier molecular flexibility index (Phi) is 11.9. The maximum atomic E-state index is 13.9. The van der Waals surface area contributed by atoms with Crippen molar-refractivity contribution in [1.82, 2.24) is 14.6 Å². The van der Waals surface area contributed by atoms with Crippen LogP contribution in [0.15, 0.2) is 41.3 Å². The smallest absolute Gasteiger partial charge is 0.459 e. The number of carbonyl (C=O) groups excluding carboxylic acids is 1. The lowest BCUT2D eigenvalue weighted by Gasteiger charge is -2.29. The monoisotopic (exact) mass is 602 g/mol. The number of nitrogen functional groups attached to an aromatic ring is 1. The van der Waals surface area contributed by atoms with Gasteiger partial charge in [-0.2, -0.15) is 10.1 Å². The van der Waals surface area contributed by atoms with Crippen LogP contribution in [0.1, 0.15) is 52.2 Å². The predicted octanol–water partition coefficient (Wildman–Crippen LogP) is 2.79. The highest BCUT2D eigenvalue weighted by molar-refractivity contribution is 7.52. The number of aliphatic hydroxyl groups excluding tert-OH is 2. The summed E-state index contributed by atoms with van der Waals surface area (Å²) in [5.41, 5.74) is 4.73. The highest BCUT2D eigenvalue weighted by Gasteiger charge is 2.35. The number of hydrogen-bond donors (Lipinski definition) is 4. The summed E-state index contributed by atoms with van der Waals surface area (Å²) in [6.45, 7) is 1.68. The third-order valence-electron chi connectivity index (χ3n) is 6.18. The van der Waals surface area contributed by atoms with E-state index < -0.39 is 57.1 Å². The Hall–Kier alpha value is -2.51. The Balaban J connectivity index is 1.75. The van der Waals surface area contributed by atoms with Gasteiger partial charge in [0.1, 0.15) is 29.8 Å². The average molecular weight is 603 g/mol. The molecule has 13 nitrogen and oxygen atoms in total. The lowest BCUT2D eigenvalue weighted by Crippen LogP contribution is -2.40. The van der Waals surface area contributed by atoms with Crippen molar-refractivity contribution in [2.45, 2.75) is 76.5 Å². The maximum absolute atomic E-state index is 13.9. The van der Waals surface area contributed by atoms with E-state index in [2.05, 4.69) is 10.1 Å². The third-order valence-corrected chi connectivity index (χ3v) is 8.07. The number of anilines is 1. The lowest BCUT2D eigenvalue weighted by atomic mass is 9.98. The molecule has 5 atom stereocenters. The molecular weight excluding hydrogens is 567 g/mol. The summed E-state index contributed by atoms with van der Waals surface area (Å²) >= 11 is 5.94. The second kappa shape index (κ2) is 14.9. The zero-order chi connectivity index (χ0) is 29.3. The minimum Gasteiger partial charge on any atom is -0.461 e. The summed E-state index contributed by atoms with van der Waals surface area (Å²) in [5, 5.41) is 23.2. The van der Waals surface area contributed by atoms with Crippen LogP contribution in [0, 0.1) is 0 Å². The van der Waals surface area contributed by atoms with Gasteiger partial charge in [-0.25, -0.2) is 9.36 Å². The number of halogens is 1. The van der Waals surface area contributed by atoms with Gasteiger partial charge in [-0.15, -0.1) is 0 Å². The van der Waals surface area contributed by atoms with Crippen molar-refractivity contribution >= 4 is 31.1 Å². The minimum absolute atomic E-state index is 0.0177. The fourth-order valence-electron chi connectivity index (χ4n) is 3.97. The van der Waals surface area contributed by atoms with Crippen molar-refractivity contribution < 1.29 is 38.1 Å². The van der Waals surface area contributed by atoms with E-state index in [4.69, 9.17) is 35.9 Å². The zero-order valence-corrected chi connectivity index (χ0v) is 24.0. The van der Waals surface area contributed by atoms with E-state index in [1.54, 1.807) is 0 Å². The van der Waals surface area contributed by atoms with Gasteiger partial charge in [0.05, 0.1) is 19.3 Å². The number of aliphatic hydroxyl groups is 2. The predicted molar refractivity (Wildman–Crippen MR) is 147 cm³/mol. The first-order valence-corrected chi connectivity index (χ1v) is 14.9. The van der Waals surface area contributed by atoms with Gasteiger partial charge in [-0.1, -0.05) is 18.0 Å². The molecule has 0 bridgehead atoms. The molecule has 15 heteroatoms. The molecule has 1 aliphatic carbocycles. The topological polar surface area (TPSA) is 184 Å². The van der Waals surface area contributed by atoms with E-state index in [0.717, 1.165) is 36.7 Å². The molecule has 1 aromatic carbocycles. The molecule has 1 aliphatic rings. The molecule has 0 radical (unpaired) electrons. The standard InChI is InChI=1S/C25H36ClN4O9P/c1-16(24(33)37-19-6-4-3-5-7-19)29-40(35,39-20-10-8-18(26)9-11-20)36-15-21(17(2)32)38-23(14-31)30-13-12-22(27)28-25(30)34/h8-13,16-17,19,21,23,31-32H,3-7,14-15H2,1-2H3,(H,29,35)(H2,27,28,34)/t16-,17-,21-,23+,40?/m0/s1. The molecule has 5 N–H and O–H groups in total. The molecule has 0 aliphatic heterocycles. The van der Waals surface area contributed by atoms with E-state index in [0.29, 0.717) is 5.02 Å². The van der Waals surface area contributed by atoms with Crippen molar-refractivity contribution in [1.29, 1.82) is 0 Å². The number of aromatic nitrogens is 2. The van der Waals surface area contributed by atoms with Gasteiger partial charge in [0.2, 0.25) is 0 Å². The molecule has 3 rings (SSSR count). The molecule has 0 saturated heterocycles. The molecule has 1 unspecified atom stereocenters. The Morgan fingerprint density at radius 1 is 1.23 bits per heavy atom. The van der Waals surface area contributed by atoms with Gasteiger partial charge in [0.15, 0.2) is 6.23 Å². The highest BCUT2D eigenvalue weighted by Crippen LogP contribution is 2.45. The fourth-order valence-corrected chi connectivity index (χ4v) is 5.60. The maximum Gasteiger partial charge on any atom is 0.459 e. The van der Waals surface area contributed by atoms with Crippen LogP contribution >= 0.6 is 19.3 Å². The second-order valence-corrected chi connectivity index (χ2v) is 11.6. The van der Waals surface area contributed by atoms with Crippen molar-refractivity contribution in [3.63, 3.8) is 0 Å². The van der Waals surface area contributed by atoms with Crippen molar-refractivity contribution in [2.75, 3.05) is 18.9 Å². The summed E-state index contributed by atoms with van der Waals surface area (Å²) in [7, 11) is -4.30. The number of esters is 1. The molecule has 2 aromatic rings. The molecule has 40 heavy (non-hydrogen) atoms. The third kappa shape index (κ3) is 9.55. The first-order valence-electron chi connectivity index (χ1n) is 13.0. The highest BCUT2D eigenvalue weighted by atomic mass is 35.5. The molecule has 0 amide bonds. The van der Waals surface area contributed by atoms with Crippen LogP contribution in [0.25, 0.3) is 0 Å². The van der Waals surface area contributed by atoms with Crippen molar-refractivity contribution in [3.05, 3.63) is 52.0 Å². The lowest BCUT2D eigenvalue weighted by molar-refractivity contribution is -0.152. The number of nitrogens with one attached hydrogen (secondary N) is 1. The number of hydrogen-bond acceptors (Lipinski definition) is 11. The summed E-state index contributed by atoms with van der Waals surface area (Å²) in [4.78, 5) is 28.6. The van der Waals surface area contributed by atoms with Crippen LogP contribution in [0.5, 0.6) is 5.75 Å². The number of benzene rings is 1. The van der Waals surface area contributed by atoms with Crippen molar-refractivity contribution in [3.8, 4) is 5.75 Å². The van der Waals surface area contributed by atoms with Crippen molar-refractivity contribution in [2.24, 2.45) is 0 Å². The quantitative estimate of drug-likeness (QED) is 0.183. The first kappa shape index (κ1) is 32.0. The Bertz CT molecular complexity index is 1210. The SMILES string of the molecule is C[C@H](NP(=O)(OC[C@H](O[C@H](CO)n1ccc(N)nc1=O)[C@H](C)O)Oc1ccc(Cl)cc1)C(=O)OC1CCCCC1.